The van der Waals surface area contributed by atoms with Crippen molar-refractivity contribution >= 4 is 33.4 Å². The van der Waals surface area contributed by atoms with Crippen molar-refractivity contribution in [3.05, 3.63) is 28.7 Å². The number of para-hydroxylation sites is 1. The van der Waals surface area contributed by atoms with Gasteiger partial charge in [-0.05, 0) is 28.1 Å². The first kappa shape index (κ1) is 11.3. The largest absolute Gasteiger partial charge is 0.274 e. The molecule has 0 spiro atoms. The summed E-state index contributed by atoms with van der Waals surface area (Å²) in [5, 5.41) is 0. The van der Waals surface area contributed by atoms with Gasteiger partial charge in [-0.25, -0.2) is 4.90 Å². The number of rotatable bonds is 1. The Bertz CT molecular complexity index is 438. The molecule has 1 heterocycles. The number of carbonyl (C=O) groups excluding carboxylic acids is 2. The van der Waals surface area contributed by atoms with Crippen molar-refractivity contribution in [2.45, 2.75) is 13.8 Å². The van der Waals surface area contributed by atoms with Crippen LogP contribution in [0, 0.1) is 11.8 Å². The van der Waals surface area contributed by atoms with Gasteiger partial charge < -0.3 is 0 Å². The van der Waals surface area contributed by atoms with Crippen LogP contribution < -0.4 is 4.90 Å². The highest BCUT2D eigenvalue weighted by atomic mass is 79.9. The lowest BCUT2D eigenvalue weighted by molar-refractivity contribution is -0.122. The molecule has 1 aliphatic rings. The zero-order valence-corrected chi connectivity index (χ0v) is 10.7. The van der Waals surface area contributed by atoms with Crippen molar-refractivity contribution in [2.24, 2.45) is 11.8 Å². The maximum absolute atomic E-state index is 12.0. The van der Waals surface area contributed by atoms with Crippen LogP contribution in [0.2, 0.25) is 0 Å². The van der Waals surface area contributed by atoms with E-state index in [2.05, 4.69) is 15.9 Å². The van der Waals surface area contributed by atoms with Gasteiger partial charge in [-0.1, -0.05) is 26.0 Å². The average molecular weight is 282 g/mol. The molecule has 0 aliphatic carbocycles. The summed E-state index contributed by atoms with van der Waals surface area (Å²) in [6, 6.07) is 7.26. The minimum atomic E-state index is -0.236. The first-order valence-corrected chi connectivity index (χ1v) is 5.95. The molecule has 0 saturated carbocycles. The van der Waals surface area contributed by atoms with E-state index < -0.39 is 0 Å². The minimum Gasteiger partial charge on any atom is -0.274 e. The molecule has 2 rings (SSSR count). The number of nitrogens with zero attached hydrogens (tertiary/aromatic N) is 1. The Kier molecular flexibility index (Phi) is 2.84. The number of hydrogen-bond acceptors (Lipinski definition) is 2. The van der Waals surface area contributed by atoms with Crippen LogP contribution in [-0.2, 0) is 9.59 Å². The molecular formula is C12H12BrNO2. The molecule has 0 bridgehead atoms. The number of amides is 2. The molecule has 1 saturated heterocycles. The fraction of sp³-hybridized carbons (Fsp3) is 0.333. The maximum Gasteiger partial charge on any atom is 0.237 e. The van der Waals surface area contributed by atoms with Crippen molar-refractivity contribution in [2.75, 3.05) is 4.90 Å². The molecular weight excluding hydrogens is 270 g/mol. The third-order valence-electron chi connectivity index (χ3n) is 3.06. The van der Waals surface area contributed by atoms with Gasteiger partial charge >= 0.3 is 0 Å². The molecule has 84 valence electrons. The van der Waals surface area contributed by atoms with Crippen LogP contribution in [0.4, 0.5) is 5.69 Å². The van der Waals surface area contributed by atoms with Gasteiger partial charge in [0.05, 0.1) is 5.69 Å². The summed E-state index contributed by atoms with van der Waals surface area (Å²) < 4.78 is 0.762. The van der Waals surface area contributed by atoms with Crippen molar-refractivity contribution in [1.29, 1.82) is 0 Å². The minimum absolute atomic E-state index is 0.121. The van der Waals surface area contributed by atoms with Crippen molar-refractivity contribution in [3.63, 3.8) is 0 Å². The fourth-order valence-corrected chi connectivity index (χ4v) is 2.28. The standard InChI is InChI=1S/C12H12BrNO2/c1-7-8(2)12(16)14(11(7)15)10-6-4-3-5-9(10)13/h3-8H,1-2H3. The molecule has 1 aromatic carbocycles. The molecule has 2 amide bonds. The summed E-state index contributed by atoms with van der Waals surface area (Å²) in [6.07, 6.45) is 0. The smallest absolute Gasteiger partial charge is 0.237 e. The quantitative estimate of drug-likeness (QED) is 0.742. The Hall–Kier alpha value is -1.16. The second-order valence-corrected chi connectivity index (χ2v) is 4.89. The van der Waals surface area contributed by atoms with Crippen LogP contribution >= 0.6 is 15.9 Å². The molecule has 2 unspecified atom stereocenters. The van der Waals surface area contributed by atoms with Gasteiger partial charge in [0.15, 0.2) is 0 Å². The third-order valence-corrected chi connectivity index (χ3v) is 3.73. The van der Waals surface area contributed by atoms with Crippen LogP contribution in [0.1, 0.15) is 13.8 Å². The second-order valence-electron chi connectivity index (χ2n) is 4.04. The molecule has 1 fully saturated rings. The van der Waals surface area contributed by atoms with E-state index >= 15 is 0 Å². The Balaban J connectivity index is 2.47. The lowest BCUT2D eigenvalue weighted by Gasteiger charge is -2.15. The molecule has 0 aromatic heterocycles. The number of hydrogen-bond donors (Lipinski definition) is 0. The average Bonchev–Trinajstić information content (AvgIpc) is 2.45. The SMILES string of the molecule is CC1C(=O)N(c2ccccc2Br)C(=O)C1C. The number of carbonyl (C=O) groups is 2. The lowest BCUT2D eigenvalue weighted by atomic mass is 10.00. The molecule has 1 aromatic rings. The summed E-state index contributed by atoms with van der Waals surface area (Å²) in [5.41, 5.74) is 0.633. The number of imide groups is 1. The van der Waals surface area contributed by atoms with E-state index in [9.17, 15) is 9.59 Å². The summed E-state index contributed by atoms with van der Waals surface area (Å²) in [4.78, 5) is 25.2. The highest BCUT2D eigenvalue weighted by Gasteiger charge is 2.43. The highest BCUT2D eigenvalue weighted by molar-refractivity contribution is 9.10. The summed E-state index contributed by atoms with van der Waals surface area (Å²) in [7, 11) is 0. The van der Waals surface area contributed by atoms with E-state index in [0.717, 1.165) is 4.47 Å². The van der Waals surface area contributed by atoms with Crippen LogP contribution in [0.25, 0.3) is 0 Å². The number of anilines is 1. The van der Waals surface area contributed by atoms with Gasteiger partial charge in [0, 0.05) is 16.3 Å². The molecule has 4 heteroatoms. The van der Waals surface area contributed by atoms with E-state index in [4.69, 9.17) is 0 Å². The zero-order chi connectivity index (χ0) is 11.9. The van der Waals surface area contributed by atoms with Crippen LogP contribution in [0.3, 0.4) is 0 Å². The predicted molar refractivity (Wildman–Crippen MR) is 65.0 cm³/mol. The lowest BCUT2D eigenvalue weighted by Crippen LogP contribution is -2.30. The number of benzene rings is 1. The van der Waals surface area contributed by atoms with E-state index in [-0.39, 0.29) is 23.7 Å². The zero-order valence-electron chi connectivity index (χ0n) is 9.11. The normalized spacial score (nSPS) is 25.3. The van der Waals surface area contributed by atoms with E-state index in [0.29, 0.717) is 5.69 Å². The first-order chi connectivity index (χ1) is 7.54. The Labute approximate surface area is 103 Å². The topological polar surface area (TPSA) is 37.4 Å². The van der Waals surface area contributed by atoms with Crippen molar-refractivity contribution in [1.82, 2.24) is 0 Å². The van der Waals surface area contributed by atoms with Gasteiger partial charge in [-0.3, -0.25) is 9.59 Å². The van der Waals surface area contributed by atoms with E-state index in [1.165, 1.54) is 4.90 Å². The predicted octanol–water partition coefficient (Wildman–Crippen LogP) is 2.59. The second kappa shape index (κ2) is 4.01. The Morgan fingerprint density at radius 2 is 1.56 bits per heavy atom. The molecule has 16 heavy (non-hydrogen) atoms. The molecule has 3 nitrogen and oxygen atoms in total. The van der Waals surface area contributed by atoms with Gasteiger partial charge in [-0.2, -0.15) is 0 Å². The molecule has 0 radical (unpaired) electrons. The first-order valence-electron chi connectivity index (χ1n) is 5.16. The van der Waals surface area contributed by atoms with E-state index in [1.807, 2.05) is 18.2 Å². The van der Waals surface area contributed by atoms with Crippen molar-refractivity contribution in [3.8, 4) is 0 Å². The van der Waals surface area contributed by atoms with Gasteiger partial charge in [-0.15, -0.1) is 0 Å². The number of halogens is 1. The molecule has 1 aliphatic heterocycles. The van der Waals surface area contributed by atoms with Gasteiger partial charge in [0.1, 0.15) is 0 Å². The maximum atomic E-state index is 12.0. The Morgan fingerprint density at radius 3 is 2.06 bits per heavy atom. The fourth-order valence-electron chi connectivity index (χ4n) is 1.81. The third kappa shape index (κ3) is 1.57. The van der Waals surface area contributed by atoms with Gasteiger partial charge in [0.25, 0.3) is 0 Å². The van der Waals surface area contributed by atoms with Crippen LogP contribution in [0.5, 0.6) is 0 Å². The summed E-state index contributed by atoms with van der Waals surface area (Å²) in [5.74, 6) is -0.715. The van der Waals surface area contributed by atoms with Crippen LogP contribution in [0.15, 0.2) is 28.7 Å². The summed E-state index contributed by atoms with van der Waals surface area (Å²) >= 11 is 3.36. The van der Waals surface area contributed by atoms with Gasteiger partial charge in [0.2, 0.25) is 11.8 Å². The molecule has 0 N–H and O–H groups in total. The van der Waals surface area contributed by atoms with E-state index in [1.54, 1.807) is 19.9 Å². The van der Waals surface area contributed by atoms with Crippen LogP contribution in [-0.4, -0.2) is 11.8 Å². The highest BCUT2D eigenvalue weighted by Crippen LogP contribution is 2.34. The summed E-state index contributed by atoms with van der Waals surface area (Å²) in [6.45, 7) is 3.59. The van der Waals surface area contributed by atoms with Crippen molar-refractivity contribution < 1.29 is 9.59 Å². The molecule has 2 atom stereocenters. The monoisotopic (exact) mass is 281 g/mol. The Morgan fingerprint density at radius 1 is 1.06 bits per heavy atom.